The Kier molecular flexibility index (Phi) is 12.5. The molecule has 17 heteroatoms. The molecule has 64 heavy (non-hydrogen) atoms. The summed E-state index contributed by atoms with van der Waals surface area (Å²) in [5.74, 6) is -0.0364. The molecule has 4 saturated carbocycles. The molecular formula is C47H76O17. The van der Waals surface area contributed by atoms with Crippen molar-refractivity contribution < 1.29 is 83.9 Å². The lowest BCUT2D eigenvalue weighted by atomic mass is 9.35. The lowest BCUT2D eigenvalue weighted by molar-refractivity contribution is -0.388. The molecule has 0 unspecified atom stereocenters. The Morgan fingerprint density at radius 3 is 2.09 bits per heavy atom. The van der Waals surface area contributed by atoms with Crippen LogP contribution in [-0.2, 0) is 37.9 Å². The second kappa shape index (κ2) is 16.6. The van der Waals surface area contributed by atoms with Crippen molar-refractivity contribution in [2.24, 2.45) is 45.3 Å². The quantitative estimate of drug-likeness (QED) is 0.122. The minimum Gasteiger partial charge on any atom is -0.394 e. The standard InChI is InChI=1S/C47H76O17/c1-21(2)15-23-16-45(8,56)38-24-9-10-28-43(6)13-12-29(42(4,5)27(43)11-14-44(28,7)46(24)19-47(38,64-23)58-20-46)61-41-37(63-39-34(54)32(52)30(50)22(3)59-39)36(25(49)18-57-41)62-40-35(55)33(53)31(51)26(17-48)60-40/h15,22-41,48-56H,9-14,16-20H2,1-8H3/t22-,23+,24+,25+,26-,27+,28-,29+,30-,31-,32+,33+,34-,35-,36+,37-,38-,39+,40+,41+,43+,44-,45+,46+,47+/m1/s1. The fourth-order valence-electron chi connectivity index (χ4n) is 15.8. The number of hydrogen-bond acceptors (Lipinski definition) is 17. The van der Waals surface area contributed by atoms with Crippen LogP contribution in [-0.4, -0.2) is 175 Å². The van der Waals surface area contributed by atoms with Crippen LogP contribution in [0.2, 0.25) is 0 Å². The molecular weight excluding hydrogens is 836 g/mol. The van der Waals surface area contributed by atoms with Gasteiger partial charge in [0.05, 0.1) is 43.7 Å². The molecule has 5 heterocycles. The highest BCUT2D eigenvalue weighted by molar-refractivity contribution is 5.26. The normalized spacial score (nSPS) is 57.8. The molecule has 25 atom stereocenters. The van der Waals surface area contributed by atoms with Crippen molar-refractivity contribution in [1.82, 2.24) is 0 Å². The molecule has 4 aliphatic carbocycles. The zero-order valence-corrected chi connectivity index (χ0v) is 38.7. The molecule has 0 radical (unpaired) electrons. The first-order chi connectivity index (χ1) is 29.9. The molecule has 9 rings (SSSR count). The number of hydrogen-bond donors (Lipinski definition) is 9. The summed E-state index contributed by atoms with van der Waals surface area (Å²) >= 11 is 0. The number of aliphatic hydroxyl groups is 9. The third-order valence-electron chi connectivity index (χ3n) is 18.7. The van der Waals surface area contributed by atoms with Gasteiger partial charge in [0.2, 0.25) is 0 Å². The van der Waals surface area contributed by atoms with Gasteiger partial charge in [-0.3, -0.25) is 0 Å². The maximum absolute atomic E-state index is 12.2. The topological polar surface area (TPSA) is 256 Å². The van der Waals surface area contributed by atoms with Crippen LogP contribution in [0.1, 0.15) is 107 Å². The molecule has 0 aromatic carbocycles. The fourth-order valence-corrected chi connectivity index (χ4v) is 15.8. The van der Waals surface area contributed by atoms with Gasteiger partial charge in [-0.25, -0.2) is 0 Å². The van der Waals surface area contributed by atoms with Gasteiger partial charge in [0, 0.05) is 24.2 Å². The zero-order valence-electron chi connectivity index (χ0n) is 38.7. The first-order valence-corrected chi connectivity index (χ1v) is 23.9. The monoisotopic (exact) mass is 913 g/mol. The molecule has 366 valence electrons. The third-order valence-corrected chi connectivity index (χ3v) is 18.7. The second-order valence-electron chi connectivity index (χ2n) is 23.0. The Balaban J connectivity index is 0.974. The van der Waals surface area contributed by atoms with Gasteiger partial charge in [-0.2, -0.15) is 0 Å². The van der Waals surface area contributed by atoms with E-state index in [1.54, 1.807) is 0 Å². The zero-order chi connectivity index (χ0) is 46.3. The van der Waals surface area contributed by atoms with Gasteiger partial charge < -0.3 is 83.9 Å². The highest BCUT2D eigenvalue weighted by atomic mass is 16.8. The Hall–Kier alpha value is -0.940. The van der Waals surface area contributed by atoms with Gasteiger partial charge in [0.15, 0.2) is 24.7 Å². The van der Waals surface area contributed by atoms with Crippen LogP contribution in [0.3, 0.4) is 0 Å². The van der Waals surface area contributed by atoms with E-state index in [-0.39, 0.29) is 46.7 Å². The highest BCUT2D eigenvalue weighted by Crippen LogP contribution is 2.80. The summed E-state index contributed by atoms with van der Waals surface area (Å²) in [6.45, 7) is 16.7. The van der Waals surface area contributed by atoms with Crippen LogP contribution in [0.15, 0.2) is 11.6 Å². The summed E-state index contributed by atoms with van der Waals surface area (Å²) in [6.07, 6.45) is -12.6. The van der Waals surface area contributed by atoms with Crippen LogP contribution in [0, 0.1) is 45.3 Å². The number of aliphatic hydroxyl groups excluding tert-OH is 8. The largest absolute Gasteiger partial charge is 0.394 e. The summed E-state index contributed by atoms with van der Waals surface area (Å²) in [5.41, 5.74) is -0.471. The minimum absolute atomic E-state index is 0.0656. The maximum Gasteiger partial charge on any atom is 0.187 e. The van der Waals surface area contributed by atoms with Gasteiger partial charge >= 0.3 is 0 Å². The summed E-state index contributed by atoms with van der Waals surface area (Å²) < 4.78 is 51.0. The van der Waals surface area contributed by atoms with Gasteiger partial charge in [-0.15, -0.1) is 0 Å². The first kappa shape index (κ1) is 48.1. The summed E-state index contributed by atoms with van der Waals surface area (Å²) in [7, 11) is 0. The molecule has 9 fully saturated rings. The lowest BCUT2D eigenvalue weighted by Crippen LogP contribution is -2.68. The van der Waals surface area contributed by atoms with E-state index in [4.69, 9.17) is 37.9 Å². The molecule has 2 bridgehead atoms. The predicted molar refractivity (Wildman–Crippen MR) is 223 cm³/mol. The Bertz CT molecular complexity index is 1740. The molecule has 0 aromatic heterocycles. The van der Waals surface area contributed by atoms with E-state index in [0.717, 1.165) is 44.1 Å². The molecule has 0 aromatic rings. The Morgan fingerprint density at radius 1 is 0.734 bits per heavy atom. The second-order valence-corrected chi connectivity index (χ2v) is 23.0. The van der Waals surface area contributed by atoms with Crippen molar-refractivity contribution in [3.63, 3.8) is 0 Å². The Labute approximate surface area is 376 Å². The van der Waals surface area contributed by atoms with Crippen LogP contribution < -0.4 is 0 Å². The third kappa shape index (κ3) is 7.19. The van der Waals surface area contributed by atoms with Crippen molar-refractivity contribution in [2.75, 3.05) is 19.8 Å². The van der Waals surface area contributed by atoms with Crippen LogP contribution in [0.25, 0.3) is 0 Å². The smallest absolute Gasteiger partial charge is 0.187 e. The predicted octanol–water partition coefficient (Wildman–Crippen LogP) is 0.994. The van der Waals surface area contributed by atoms with E-state index in [1.165, 1.54) is 6.92 Å². The Morgan fingerprint density at radius 2 is 1.41 bits per heavy atom. The highest BCUT2D eigenvalue weighted by Gasteiger charge is 2.81. The first-order valence-electron chi connectivity index (χ1n) is 23.9. The molecule has 17 nitrogen and oxygen atoms in total. The van der Waals surface area contributed by atoms with Crippen molar-refractivity contribution in [2.45, 2.75) is 216 Å². The minimum atomic E-state index is -1.79. The van der Waals surface area contributed by atoms with Crippen LogP contribution >= 0.6 is 0 Å². The summed E-state index contributed by atoms with van der Waals surface area (Å²) in [4.78, 5) is 0. The van der Waals surface area contributed by atoms with E-state index in [9.17, 15) is 46.0 Å². The number of fused-ring (bicyclic) bond motifs is 4. The summed E-state index contributed by atoms with van der Waals surface area (Å²) in [6, 6.07) is 0. The van der Waals surface area contributed by atoms with E-state index in [0.29, 0.717) is 25.4 Å². The average Bonchev–Trinajstić information content (AvgIpc) is 3.74. The lowest BCUT2D eigenvalue weighted by Gasteiger charge is -2.70. The van der Waals surface area contributed by atoms with Gasteiger partial charge in [-0.05, 0) is 100 Å². The molecule has 9 N–H and O–H groups in total. The van der Waals surface area contributed by atoms with E-state index >= 15 is 0 Å². The van der Waals surface area contributed by atoms with Crippen molar-refractivity contribution in [3.05, 3.63) is 11.6 Å². The fraction of sp³-hybridized carbons (Fsp3) is 0.957. The van der Waals surface area contributed by atoms with E-state index in [1.807, 2.05) is 6.92 Å². The van der Waals surface area contributed by atoms with E-state index < -0.39 is 116 Å². The SMILES string of the molecule is CC(C)=C[C@H]1C[C@](C)(O)[C@H]2[C@@H]3CC[C@@H]4[C@@]5(C)CC[C@H](O[C@@H]6OC[C@H](O)[C@H](O[C@@H]7O[C@H](CO)[C@@H](O)[C@H](O)[C@H]7O)[C@H]6O[C@@H]6O[C@H](C)[C@@H](O)[C@H](O)[C@H]6O)C(C)(C)[C@@H]5CC[C@@]4(C)[C@@]34CO[C@@]2(C4)O1. The molecule has 5 saturated heterocycles. The van der Waals surface area contributed by atoms with E-state index in [2.05, 4.69) is 47.6 Å². The van der Waals surface area contributed by atoms with Crippen molar-refractivity contribution >= 4 is 0 Å². The average molecular weight is 913 g/mol. The van der Waals surface area contributed by atoms with Gasteiger partial charge in [0.1, 0.15) is 61.0 Å². The number of rotatable bonds is 8. The van der Waals surface area contributed by atoms with Crippen molar-refractivity contribution in [3.8, 4) is 0 Å². The number of allylic oxidation sites excluding steroid dienone is 1. The molecule has 9 aliphatic rings. The van der Waals surface area contributed by atoms with Gasteiger partial charge in [-0.1, -0.05) is 39.3 Å². The molecule has 2 spiro atoms. The maximum atomic E-state index is 12.2. The van der Waals surface area contributed by atoms with Gasteiger partial charge in [0.25, 0.3) is 0 Å². The number of ether oxygens (including phenoxy) is 8. The van der Waals surface area contributed by atoms with Crippen LogP contribution in [0.4, 0.5) is 0 Å². The molecule has 5 aliphatic heterocycles. The summed E-state index contributed by atoms with van der Waals surface area (Å²) in [5, 5.41) is 97.7. The van der Waals surface area contributed by atoms with Crippen molar-refractivity contribution in [1.29, 1.82) is 0 Å². The molecule has 0 amide bonds. The van der Waals surface area contributed by atoms with Crippen LogP contribution in [0.5, 0.6) is 0 Å².